The number of carboxylic acids is 1. The van der Waals surface area contributed by atoms with Gasteiger partial charge in [0.05, 0.1) is 6.42 Å². The molecule has 0 bridgehead atoms. The Bertz CT molecular complexity index is 369. The van der Waals surface area contributed by atoms with Gasteiger partial charge in [-0.15, -0.1) is 0 Å². The molecular formula is C14H23NO3. The summed E-state index contributed by atoms with van der Waals surface area (Å²) in [5, 5.41) is 11.8. The van der Waals surface area contributed by atoms with Crippen LogP contribution in [0, 0.1) is 22.7 Å². The molecule has 2 aliphatic rings. The molecule has 0 radical (unpaired) electrons. The number of carboxylic acid groups (broad SMARTS) is 1. The van der Waals surface area contributed by atoms with Crippen LogP contribution in [-0.2, 0) is 9.59 Å². The van der Waals surface area contributed by atoms with Crippen LogP contribution >= 0.6 is 0 Å². The summed E-state index contributed by atoms with van der Waals surface area (Å²) in [6.07, 6.45) is 2.12. The first kappa shape index (κ1) is 13.4. The van der Waals surface area contributed by atoms with E-state index in [4.69, 9.17) is 5.11 Å². The van der Waals surface area contributed by atoms with Crippen molar-refractivity contribution in [1.82, 2.24) is 5.32 Å². The van der Waals surface area contributed by atoms with E-state index < -0.39 is 5.97 Å². The summed E-state index contributed by atoms with van der Waals surface area (Å²) in [6, 6.07) is -0.179. The van der Waals surface area contributed by atoms with Crippen molar-refractivity contribution in [2.45, 2.75) is 53.0 Å². The number of carbonyl (C=O) groups is 2. The monoisotopic (exact) mass is 253 g/mol. The Morgan fingerprint density at radius 2 is 1.72 bits per heavy atom. The number of hydrogen-bond acceptors (Lipinski definition) is 2. The van der Waals surface area contributed by atoms with Crippen molar-refractivity contribution < 1.29 is 14.7 Å². The summed E-state index contributed by atoms with van der Waals surface area (Å²) in [5.74, 6) is -0.431. The second-order valence-corrected chi connectivity index (χ2v) is 6.93. The molecule has 0 aliphatic heterocycles. The molecule has 1 atom stereocenters. The Morgan fingerprint density at radius 1 is 1.22 bits per heavy atom. The van der Waals surface area contributed by atoms with Crippen LogP contribution in [0.4, 0.5) is 0 Å². The van der Waals surface area contributed by atoms with Gasteiger partial charge < -0.3 is 10.4 Å². The molecule has 1 unspecified atom stereocenters. The largest absolute Gasteiger partial charge is 0.481 e. The number of aliphatic carboxylic acids is 1. The SMILES string of the molecule is CC1(C)C(C(=O)NC(CC(=O)O)C2CC2)C1(C)C. The fraction of sp³-hybridized carbons (Fsp3) is 0.857. The van der Waals surface area contributed by atoms with Crippen LogP contribution in [0.25, 0.3) is 0 Å². The fourth-order valence-electron chi connectivity index (χ4n) is 3.14. The Balaban J connectivity index is 1.96. The van der Waals surface area contributed by atoms with Crippen LogP contribution in [0.3, 0.4) is 0 Å². The van der Waals surface area contributed by atoms with Gasteiger partial charge in [0.15, 0.2) is 0 Å². The van der Waals surface area contributed by atoms with Gasteiger partial charge in [0, 0.05) is 12.0 Å². The third-order valence-electron chi connectivity index (χ3n) is 5.20. The van der Waals surface area contributed by atoms with E-state index >= 15 is 0 Å². The first-order chi connectivity index (χ1) is 8.18. The van der Waals surface area contributed by atoms with Crippen molar-refractivity contribution in [2.24, 2.45) is 22.7 Å². The number of amides is 1. The lowest BCUT2D eigenvalue weighted by Crippen LogP contribution is -2.40. The number of rotatable bonds is 5. The molecule has 1 amide bonds. The van der Waals surface area contributed by atoms with E-state index in [0.29, 0.717) is 5.92 Å². The smallest absolute Gasteiger partial charge is 0.305 e. The highest BCUT2D eigenvalue weighted by Crippen LogP contribution is 2.68. The summed E-state index contributed by atoms with van der Waals surface area (Å²) in [5.41, 5.74) is 0.0167. The van der Waals surface area contributed by atoms with E-state index in [0.717, 1.165) is 12.8 Å². The molecular weight excluding hydrogens is 230 g/mol. The van der Waals surface area contributed by atoms with Crippen LogP contribution in [0.15, 0.2) is 0 Å². The van der Waals surface area contributed by atoms with E-state index in [9.17, 15) is 9.59 Å². The molecule has 18 heavy (non-hydrogen) atoms. The molecule has 2 saturated carbocycles. The van der Waals surface area contributed by atoms with Crippen LogP contribution in [-0.4, -0.2) is 23.0 Å². The van der Waals surface area contributed by atoms with Gasteiger partial charge in [-0.2, -0.15) is 0 Å². The van der Waals surface area contributed by atoms with Gasteiger partial charge in [-0.05, 0) is 29.6 Å². The summed E-state index contributed by atoms with van der Waals surface area (Å²) in [4.78, 5) is 23.1. The lowest BCUT2D eigenvalue weighted by Gasteiger charge is -2.17. The zero-order chi connectivity index (χ0) is 13.7. The van der Waals surface area contributed by atoms with Gasteiger partial charge in [0.25, 0.3) is 0 Å². The highest BCUT2D eigenvalue weighted by atomic mass is 16.4. The lowest BCUT2D eigenvalue weighted by atomic mass is 10.0. The molecule has 0 aromatic heterocycles. The molecule has 0 aromatic carbocycles. The Morgan fingerprint density at radius 3 is 2.06 bits per heavy atom. The molecule has 0 saturated heterocycles. The van der Waals surface area contributed by atoms with Crippen molar-refractivity contribution >= 4 is 11.9 Å². The molecule has 2 fully saturated rings. The van der Waals surface area contributed by atoms with Crippen LogP contribution < -0.4 is 5.32 Å². The van der Waals surface area contributed by atoms with Crippen molar-refractivity contribution in [3.63, 3.8) is 0 Å². The van der Waals surface area contributed by atoms with Crippen molar-refractivity contribution in [1.29, 1.82) is 0 Å². The molecule has 2 N–H and O–H groups in total. The van der Waals surface area contributed by atoms with Gasteiger partial charge in [0.2, 0.25) is 5.91 Å². The minimum Gasteiger partial charge on any atom is -0.481 e. The number of nitrogens with one attached hydrogen (secondary N) is 1. The van der Waals surface area contributed by atoms with Crippen molar-refractivity contribution in [3.05, 3.63) is 0 Å². The molecule has 102 valence electrons. The third-order valence-corrected chi connectivity index (χ3v) is 5.20. The zero-order valence-electron chi connectivity index (χ0n) is 11.6. The minimum absolute atomic E-state index is 0.0000416. The number of carbonyl (C=O) groups excluding carboxylic acids is 1. The summed E-state index contributed by atoms with van der Waals surface area (Å²) in [6.45, 7) is 8.39. The lowest BCUT2D eigenvalue weighted by molar-refractivity contribution is -0.138. The van der Waals surface area contributed by atoms with Crippen LogP contribution in [0.5, 0.6) is 0 Å². The van der Waals surface area contributed by atoms with Crippen LogP contribution in [0.1, 0.15) is 47.0 Å². The average molecular weight is 253 g/mol. The first-order valence-electron chi connectivity index (χ1n) is 6.70. The van der Waals surface area contributed by atoms with E-state index in [1.807, 2.05) is 0 Å². The first-order valence-corrected chi connectivity index (χ1v) is 6.70. The van der Waals surface area contributed by atoms with Gasteiger partial charge in [-0.3, -0.25) is 9.59 Å². The van der Waals surface area contributed by atoms with Crippen molar-refractivity contribution in [2.75, 3.05) is 0 Å². The van der Waals surface area contributed by atoms with E-state index in [2.05, 4.69) is 33.0 Å². The van der Waals surface area contributed by atoms with Gasteiger partial charge >= 0.3 is 5.97 Å². The van der Waals surface area contributed by atoms with E-state index in [-0.39, 0.29) is 35.1 Å². The molecule has 2 aliphatic carbocycles. The summed E-state index contributed by atoms with van der Waals surface area (Å²) >= 11 is 0. The molecule has 4 heteroatoms. The zero-order valence-corrected chi connectivity index (χ0v) is 11.6. The maximum atomic E-state index is 12.3. The molecule has 0 aromatic rings. The van der Waals surface area contributed by atoms with Gasteiger partial charge in [-0.25, -0.2) is 0 Å². The van der Waals surface area contributed by atoms with E-state index in [1.54, 1.807) is 0 Å². The normalized spacial score (nSPS) is 26.4. The minimum atomic E-state index is -0.832. The maximum absolute atomic E-state index is 12.3. The topological polar surface area (TPSA) is 66.4 Å². The summed E-state index contributed by atoms with van der Waals surface area (Å²) in [7, 11) is 0. The Labute approximate surface area is 108 Å². The predicted octanol–water partition coefficient (Wildman–Crippen LogP) is 2.04. The number of hydrogen-bond donors (Lipinski definition) is 2. The maximum Gasteiger partial charge on any atom is 0.305 e. The highest BCUT2D eigenvalue weighted by molar-refractivity contribution is 5.85. The quantitative estimate of drug-likeness (QED) is 0.788. The molecule has 0 spiro atoms. The van der Waals surface area contributed by atoms with Crippen LogP contribution in [0.2, 0.25) is 0 Å². The summed E-state index contributed by atoms with van der Waals surface area (Å²) < 4.78 is 0. The van der Waals surface area contributed by atoms with Crippen molar-refractivity contribution in [3.8, 4) is 0 Å². The average Bonchev–Trinajstić information content (AvgIpc) is 3.02. The predicted molar refractivity (Wildman–Crippen MR) is 68.0 cm³/mol. The molecule has 4 nitrogen and oxygen atoms in total. The Kier molecular flexibility index (Phi) is 2.95. The third kappa shape index (κ3) is 2.13. The van der Waals surface area contributed by atoms with Gasteiger partial charge in [0.1, 0.15) is 0 Å². The second kappa shape index (κ2) is 3.97. The second-order valence-electron chi connectivity index (χ2n) is 6.93. The van der Waals surface area contributed by atoms with Gasteiger partial charge in [-0.1, -0.05) is 27.7 Å². The molecule has 2 rings (SSSR count). The fourth-order valence-corrected chi connectivity index (χ4v) is 3.14. The van der Waals surface area contributed by atoms with E-state index in [1.165, 1.54) is 0 Å². The molecule has 0 heterocycles. The standard InChI is InChI=1S/C14H23NO3/c1-13(2)11(14(13,3)4)12(18)15-9(7-10(16)17)8-5-6-8/h8-9,11H,5-7H2,1-4H3,(H,15,18)(H,16,17). The highest BCUT2D eigenvalue weighted by Gasteiger charge is 2.68. The Hall–Kier alpha value is -1.06.